The molecule has 0 saturated carbocycles. The Hall–Kier alpha value is -2.89. The predicted molar refractivity (Wildman–Crippen MR) is 97.6 cm³/mol. The number of nitrogens with one attached hydrogen (secondary N) is 1. The van der Waals surface area contributed by atoms with Gasteiger partial charge in [0, 0.05) is 20.3 Å². The molecule has 1 heterocycles. The van der Waals surface area contributed by atoms with Crippen LogP contribution < -0.4 is 10.9 Å². The van der Waals surface area contributed by atoms with Crippen LogP contribution in [0.3, 0.4) is 0 Å². The number of benzene rings is 1. The van der Waals surface area contributed by atoms with Crippen molar-refractivity contribution in [2.24, 2.45) is 0 Å². The lowest BCUT2D eigenvalue weighted by atomic mass is 10.00. The number of amides is 2. The Morgan fingerprint density at radius 3 is 2.32 bits per heavy atom. The zero-order chi connectivity index (χ0) is 18.6. The number of rotatable bonds is 5. The molecule has 0 atom stereocenters. The molecule has 25 heavy (non-hydrogen) atoms. The maximum absolute atomic E-state index is 12.4. The number of likely N-dealkylation sites (N-methyl/N-ethyl adjacent to an activating group) is 1. The molecule has 1 aromatic carbocycles. The van der Waals surface area contributed by atoms with Crippen molar-refractivity contribution < 1.29 is 9.59 Å². The Balaban J connectivity index is 2.16. The van der Waals surface area contributed by atoms with E-state index in [1.54, 1.807) is 26.2 Å². The van der Waals surface area contributed by atoms with Gasteiger partial charge in [-0.05, 0) is 42.7 Å². The Morgan fingerprint density at radius 2 is 1.72 bits per heavy atom. The van der Waals surface area contributed by atoms with Crippen LogP contribution in [0.1, 0.15) is 16.7 Å². The minimum Gasteiger partial charge on any atom is -0.347 e. The molecular formula is C19H23N3O3. The quantitative estimate of drug-likeness (QED) is 0.900. The SMILES string of the molecule is Cc1cccc(C)c1CC(=O)Nc1cccn(CC(=O)N(C)C)c1=O. The molecule has 0 aliphatic rings. The standard InChI is InChI=1S/C19H23N3O3/c1-13-7-5-8-14(2)15(13)11-17(23)20-16-9-6-10-22(19(16)25)12-18(24)21(3)4/h5-10H,11-12H2,1-4H3,(H,20,23). The van der Waals surface area contributed by atoms with Gasteiger partial charge in [0.15, 0.2) is 0 Å². The fourth-order valence-electron chi connectivity index (χ4n) is 2.53. The number of carbonyl (C=O) groups excluding carboxylic acids is 2. The molecule has 0 spiro atoms. The highest BCUT2D eigenvalue weighted by Crippen LogP contribution is 2.14. The smallest absolute Gasteiger partial charge is 0.274 e. The second-order valence-electron chi connectivity index (χ2n) is 6.24. The van der Waals surface area contributed by atoms with E-state index in [0.717, 1.165) is 16.7 Å². The number of aromatic nitrogens is 1. The van der Waals surface area contributed by atoms with Crippen molar-refractivity contribution in [3.63, 3.8) is 0 Å². The van der Waals surface area contributed by atoms with E-state index in [1.165, 1.54) is 15.7 Å². The minimum atomic E-state index is -0.396. The van der Waals surface area contributed by atoms with Crippen molar-refractivity contribution in [1.29, 1.82) is 0 Å². The number of anilines is 1. The molecule has 2 rings (SSSR count). The first-order valence-corrected chi connectivity index (χ1v) is 8.04. The molecule has 0 fully saturated rings. The van der Waals surface area contributed by atoms with Crippen molar-refractivity contribution in [2.45, 2.75) is 26.8 Å². The van der Waals surface area contributed by atoms with Crippen LogP contribution in [0.25, 0.3) is 0 Å². The van der Waals surface area contributed by atoms with E-state index in [1.807, 2.05) is 32.0 Å². The summed E-state index contributed by atoms with van der Waals surface area (Å²) in [6.07, 6.45) is 1.73. The van der Waals surface area contributed by atoms with E-state index in [2.05, 4.69) is 5.32 Å². The first-order valence-electron chi connectivity index (χ1n) is 8.04. The van der Waals surface area contributed by atoms with Gasteiger partial charge >= 0.3 is 0 Å². The second-order valence-corrected chi connectivity index (χ2v) is 6.24. The fraction of sp³-hybridized carbons (Fsp3) is 0.316. The van der Waals surface area contributed by atoms with E-state index in [4.69, 9.17) is 0 Å². The average molecular weight is 341 g/mol. The molecule has 0 unspecified atom stereocenters. The molecule has 132 valence electrons. The largest absolute Gasteiger partial charge is 0.347 e. The molecule has 0 radical (unpaired) electrons. The molecule has 6 nitrogen and oxygen atoms in total. The number of carbonyl (C=O) groups is 2. The Kier molecular flexibility index (Phi) is 5.75. The van der Waals surface area contributed by atoms with Gasteiger partial charge < -0.3 is 14.8 Å². The Bertz CT molecular complexity index is 833. The van der Waals surface area contributed by atoms with E-state index in [0.29, 0.717) is 0 Å². The monoisotopic (exact) mass is 341 g/mol. The lowest BCUT2D eigenvalue weighted by Gasteiger charge is -2.13. The lowest BCUT2D eigenvalue weighted by Crippen LogP contribution is -2.33. The van der Waals surface area contributed by atoms with Gasteiger partial charge in [-0.25, -0.2) is 0 Å². The summed E-state index contributed by atoms with van der Waals surface area (Å²) in [5.74, 6) is -0.452. The summed E-state index contributed by atoms with van der Waals surface area (Å²) < 4.78 is 1.29. The highest BCUT2D eigenvalue weighted by atomic mass is 16.2. The summed E-state index contributed by atoms with van der Waals surface area (Å²) in [4.78, 5) is 38.0. The topological polar surface area (TPSA) is 71.4 Å². The van der Waals surface area contributed by atoms with Crippen LogP contribution in [-0.4, -0.2) is 35.4 Å². The summed E-state index contributed by atoms with van der Waals surface area (Å²) >= 11 is 0. The van der Waals surface area contributed by atoms with Crippen molar-refractivity contribution in [2.75, 3.05) is 19.4 Å². The van der Waals surface area contributed by atoms with Crippen molar-refractivity contribution in [3.05, 3.63) is 63.6 Å². The van der Waals surface area contributed by atoms with Gasteiger partial charge in [0.2, 0.25) is 11.8 Å². The molecular weight excluding hydrogens is 318 g/mol. The van der Waals surface area contributed by atoms with Crippen LogP contribution in [0.4, 0.5) is 5.69 Å². The highest BCUT2D eigenvalue weighted by Gasteiger charge is 2.13. The maximum Gasteiger partial charge on any atom is 0.274 e. The number of aryl methyl sites for hydroxylation is 2. The summed E-state index contributed by atoms with van der Waals surface area (Å²) in [7, 11) is 3.26. The molecule has 1 N–H and O–H groups in total. The van der Waals surface area contributed by atoms with Gasteiger partial charge in [-0.15, -0.1) is 0 Å². The van der Waals surface area contributed by atoms with E-state index < -0.39 is 5.56 Å². The van der Waals surface area contributed by atoms with Crippen LogP contribution in [0.2, 0.25) is 0 Å². The molecule has 0 aliphatic heterocycles. The predicted octanol–water partition coefficient (Wildman–Crippen LogP) is 1.73. The van der Waals surface area contributed by atoms with Gasteiger partial charge in [-0.1, -0.05) is 18.2 Å². The normalized spacial score (nSPS) is 10.4. The first-order chi connectivity index (χ1) is 11.8. The van der Waals surface area contributed by atoms with E-state index in [-0.39, 0.29) is 30.5 Å². The summed E-state index contributed by atoms with van der Waals surface area (Å²) in [6, 6.07) is 9.04. The van der Waals surface area contributed by atoms with Gasteiger partial charge in [0.25, 0.3) is 5.56 Å². The maximum atomic E-state index is 12.4. The molecule has 2 aromatic rings. The van der Waals surface area contributed by atoms with Crippen LogP contribution in [0.15, 0.2) is 41.3 Å². The highest BCUT2D eigenvalue weighted by molar-refractivity contribution is 5.92. The minimum absolute atomic E-state index is 0.0631. The average Bonchev–Trinajstić information content (AvgIpc) is 2.54. The third-order valence-corrected chi connectivity index (χ3v) is 4.08. The zero-order valence-corrected chi connectivity index (χ0v) is 15.0. The van der Waals surface area contributed by atoms with E-state index in [9.17, 15) is 14.4 Å². The van der Waals surface area contributed by atoms with Gasteiger partial charge in [0.1, 0.15) is 12.2 Å². The number of hydrogen-bond acceptors (Lipinski definition) is 3. The molecule has 6 heteroatoms. The molecule has 1 aromatic heterocycles. The Labute approximate surface area is 147 Å². The van der Waals surface area contributed by atoms with Gasteiger partial charge in [-0.3, -0.25) is 14.4 Å². The molecule has 0 aliphatic carbocycles. The lowest BCUT2D eigenvalue weighted by molar-refractivity contribution is -0.129. The van der Waals surface area contributed by atoms with Crippen LogP contribution >= 0.6 is 0 Å². The van der Waals surface area contributed by atoms with Gasteiger partial charge in [0.05, 0.1) is 6.42 Å². The molecule has 0 bridgehead atoms. The van der Waals surface area contributed by atoms with Crippen LogP contribution in [0, 0.1) is 13.8 Å². The summed E-state index contributed by atoms with van der Waals surface area (Å²) in [5.41, 5.74) is 2.81. The third-order valence-electron chi connectivity index (χ3n) is 4.08. The Morgan fingerprint density at radius 1 is 1.08 bits per heavy atom. The summed E-state index contributed by atoms with van der Waals surface area (Å²) in [6.45, 7) is 3.85. The molecule has 0 saturated heterocycles. The zero-order valence-electron chi connectivity index (χ0n) is 15.0. The van der Waals surface area contributed by atoms with Crippen molar-refractivity contribution >= 4 is 17.5 Å². The second kappa shape index (κ2) is 7.79. The third kappa shape index (κ3) is 4.56. The van der Waals surface area contributed by atoms with Crippen LogP contribution in [-0.2, 0) is 22.6 Å². The number of nitrogens with zero attached hydrogens (tertiary/aromatic N) is 2. The summed E-state index contributed by atoms with van der Waals surface area (Å²) in [5, 5.41) is 2.66. The number of pyridine rings is 1. The fourth-order valence-corrected chi connectivity index (χ4v) is 2.53. The molecule has 2 amide bonds. The van der Waals surface area contributed by atoms with Crippen molar-refractivity contribution in [1.82, 2.24) is 9.47 Å². The van der Waals surface area contributed by atoms with Crippen molar-refractivity contribution in [3.8, 4) is 0 Å². The van der Waals surface area contributed by atoms with Gasteiger partial charge in [-0.2, -0.15) is 0 Å². The van der Waals surface area contributed by atoms with Crippen LogP contribution in [0.5, 0.6) is 0 Å². The number of hydrogen-bond donors (Lipinski definition) is 1. The van der Waals surface area contributed by atoms with E-state index >= 15 is 0 Å². The first kappa shape index (κ1) is 18.4.